The monoisotopic (exact) mass is 556 g/mol. The SMILES string of the molecule is O=C(OCc1ccccc1)c1cccc(C#CCOCCOCCOCCOSI)c1. The van der Waals surface area contributed by atoms with Crippen LogP contribution in [0.25, 0.3) is 0 Å². The van der Waals surface area contributed by atoms with Crippen molar-refractivity contribution in [3.05, 3.63) is 71.3 Å². The van der Waals surface area contributed by atoms with Crippen LogP contribution in [0.2, 0.25) is 0 Å². The Morgan fingerprint density at radius 1 is 0.871 bits per heavy atom. The van der Waals surface area contributed by atoms with Gasteiger partial charge in [-0.15, -0.1) is 0 Å². The van der Waals surface area contributed by atoms with Crippen LogP contribution in [-0.4, -0.2) is 52.2 Å². The van der Waals surface area contributed by atoms with Crippen molar-refractivity contribution in [1.29, 1.82) is 0 Å². The topological polar surface area (TPSA) is 63.2 Å². The van der Waals surface area contributed by atoms with Crippen LogP contribution >= 0.6 is 30.4 Å². The molecular formula is C23H25IO6S. The summed E-state index contributed by atoms with van der Waals surface area (Å²) in [5.41, 5.74) is 2.15. The van der Waals surface area contributed by atoms with Crippen LogP contribution < -0.4 is 0 Å². The quantitative estimate of drug-likeness (QED) is 0.112. The average Bonchev–Trinajstić information content (AvgIpc) is 2.81. The highest BCUT2D eigenvalue weighted by Crippen LogP contribution is 2.11. The van der Waals surface area contributed by atoms with Crippen LogP contribution in [0.15, 0.2) is 54.6 Å². The van der Waals surface area contributed by atoms with Gasteiger partial charge in [0.25, 0.3) is 0 Å². The number of esters is 1. The molecule has 0 aliphatic carbocycles. The van der Waals surface area contributed by atoms with Crippen LogP contribution in [0.4, 0.5) is 0 Å². The lowest BCUT2D eigenvalue weighted by Crippen LogP contribution is -2.11. The van der Waals surface area contributed by atoms with E-state index in [1.807, 2.05) is 36.4 Å². The molecule has 0 atom stereocenters. The Bertz CT molecular complexity index is 822. The molecule has 0 unspecified atom stereocenters. The molecule has 8 heteroatoms. The summed E-state index contributed by atoms with van der Waals surface area (Å²) in [6.07, 6.45) is 0. The molecule has 0 aromatic heterocycles. The molecule has 0 radical (unpaired) electrons. The standard InChI is InChI=1S/C23H25IO6S/c24-31-30-17-16-28-15-14-27-13-12-26-11-5-9-20-8-4-10-22(18-20)23(25)29-19-21-6-2-1-3-7-21/h1-4,6-8,10,18H,11-17,19H2. The van der Waals surface area contributed by atoms with Gasteiger partial charge in [0.15, 0.2) is 0 Å². The first-order chi connectivity index (χ1) is 15.3. The van der Waals surface area contributed by atoms with E-state index in [1.54, 1.807) is 18.2 Å². The Hall–Kier alpha value is -1.61. The summed E-state index contributed by atoms with van der Waals surface area (Å²) >= 11 is 2.06. The number of benzene rings is 2. The fourth-order valence-electron chi connectivity index (χ4n) is 2.36. The second kappa shape index (κ2) is 17.0. The first-order valence-electron chi connectivity index (χ1n) is 9.73. The van der Waals surface area contributed by atoms with Gasteiger partial charge in [-0.25, -0.2) is 4.79 Å². The van der Waals surface area contributed by atoms with Gasteiger partial charge >= 0.3 is 5.97 Å². The zero-order valence-corrected chi connectivity index (χ0v) is 20.1. The fourth-order valence-corrected chi connectivity index (χ4v) is 3.03. The number of rotatable bonds is 14. The maximum atomic E-state index is 12.2. The van der Waals surface area contributed by atoms with E-state index in [0.29, 0.717) is 45.2 Å². The lowest BCUT2D eigenvalue weighted by atomic mass is 10.1. The Labute approximate surface area is 199 Å². The molecule has 0 N–H and O–H groups in total. The van der Waals surface area contributed by atoms with Gasteiger partial charge in [-0.2, -0.15) is 0 Å². The fraction of sp³-hybridized carbons (Fsp3) is 0.348. The van der Waals surface area contributed by atoms with Crippen molar-refractivity contribution in [1.82, 2.24) is 0 Å². The lowest BCUT2D eigenvalue weighted by molar-refractivity contribution is 0.0155. The second-order valence-corrected chi connectivity index (χ2v) is 7.55. The van der Waals surface area contributed by atoms with Crippen LogP contribution in [0, 0.1) is 11.8 Å². The minimum atomic E-state index is -0.374. The van der Waals surface area contributed by atoms with E-state index < -0.39 is 0 Å². The number of halogens is 1. The largest absolute Gasteiger partial charge is 0.457 e. The third kappa shape index (κ3) is 12.1. The van der Waals surface area contributed by atoms with Gasteiger partial charge in [-0.05, 0) is 23.8 Å². The normalized spacial score (nSPS) is 10.4. The third-order valence-corrected chi connectivity index (χ3v) is 4.84. The van der Waals surface area contributed by atoms with E-state index in [-0.39, 0.29) is 19.2 Å². The average molecular weight is 556 g/mol. The number of ether oxygens (including phenoxy) is 4. The molecular weight excluding hydrogens is 531 g/mol. The Morgan fingerprint density at radius 2 is 1.58 bits per heavy atom. The summed E-state index contributed by atoms with van der Waals surface area (Å²) < 4.78 is 26.6. The van der Waals surface area contributed by atoms with Crippen LogP contribution in [0.1, 0.15) is 21.5 Å². The Morgan fingerprint density at radius 3 is 2.32 bits per heavy atom. The van der Waals surface area contributed by atoms with Gasteiger partial charge in [-0.1, -0.05) is 48.2 Å². The molecule has 0 amide bonds. The number of carbonyl (C=O) groups is 1. The molecule has 31 heavy (non-hydrogen) atoms. The van der Waals surface area contributed by atoms with E-state index in [0.717, 1.165) is 11.1 Å². The van der Waals surface area contributed by atoms with Crippen LogP contribution in [-0.2, 0) is 29.7 Å². The van der Waals surface area contributed by atoms with Crippen molar-refractivity contribution >= 4 is 36.4 Å². The van der Waals surface area contributed by atoms with Gasteiger partial charge in [0.1, 0.15) is 13.2 Å². The van der Waals surface area contributed by atoms with Crippen LogP contribution in [0.5, 0.6) is 0 Å². The molecule has 0 saturated carbocycles. The maximum Gasteiger partial charge on any atom is 0.338 e. The molecule has 0 spiro atoms. The number of carbonyl (C=O) groups excluding carboxylic acids is 1. The highest BCUT2D eigenvalue weighted by atomic mass is 127. The Balaban J connectivity index is 1.59. The van der Waals surface area contributed by atoms with Gasteiger partial charge in [0, 0.05) is 26.8 Å². The van der Waals surface area contributed by atoms with Gasteiger partial charge < -0.3 is 23.1 Å². The van der Waals surface area contributed by atoms with E-state index in [4.69, 9.17) is 23.1 Å². The second-order valence-electron chi connectivity index (χ2n) is 6.11. The first kappa shape index (κ1) is 25.6. The predicted octanol–water partition coefficient (Wildman–Crippen LogP) is 4.46. The predicted molar refractivity (Wildman–Crippen MR) is 129 cm³/mol. The van der Waals surface area contributed by atoms with Crippen molar-refractivity contribution in [2.45, 2.75) is 6.61 Å². The molecule has 0 aliphatic rings. The molecule has 0 saturated heterocycles. The smallest absolute Gasteiger partial charge is 0.338 e. The van der Waals surface area contributed by atoms with Crippen molar-refractivity contribution in [2.75, 3.05) is 46.2 Å². The highest BCUT2D eigenvalue weighted by Gasteiger charge is 2.07. The third-order valence-electron chi connectivity index (χ3n) is 3.82. The minimum absolute atomic E-state index is 0.240. The van der Waals surface area contributed by atoms with Gasteiger partial charge in [-0.3, -0.25) is 0 Å². The lowest BCUT2D eigenvalue weighted by Gasteiger charge is -2.05. The highest BCUT2D eigenvalue weighted by molar-refractivity contribution is 14.2. The molecule has 166 valence electrons. The first-order valence-corrected chi connectivity index (χ1v) is 13.0. The zero-order valence-electron chi connectivity index (χ0n) is 17.1. The van der Waals surface area contributed by atoms with E-state index in [1.165, 1.54) is 9.21 Å². The number of hydrogen-bond donors (Lipinski definition) is 0. The molecule has 0 bridgehead atoms. The number of hydrogen-bond acceptors (Lipinski definition) is 7. The summed E-state index contributed by atoms with van der Waals surface area (Å²) in [6.45, 7) is 3.62. The molecule has 2 rings (SSSR count). The summed E-state index contributed by atoms with van der Waals surface area (Å²) in [7, 11) is 1.29. The molecule has 0 aliphatic heterocycles. The summed E-state index contributed by atoms with van der Waals surface area (Å²) in [6, 6.07) is 16.6. The summed E-state index contributed by atoms with van der Waals surface area (Å²) in [5, 5.41) is 0. The molecule has 2 aromatic rings. The zero-order chi connectivity index (χ0) is 22.0. The summed E-state index contributed by atoms with van der Waals surface area (Å²) in [5.74, 6) is 5.55. The molecule has 0 fully saturated rings. The van der Waals surface area contributed by atoms with Crippen molar-refractivity contribution in [3.8, 4) is 11.8 Å². The van der Waals surface area contributed by atoms with E-state index >= 15 is 0 Å². The molecule has 6 nitrogen and oxygen atoms in total. The van der Waals surface area contributed by atoms with Crippen molar-refractivity contribution < 1.29 is 27.9 Å². The van der Waals surface area contributed by atoms with E-state index in [9.17, 15) is 4.79 Å². The van der Waals surface area contributed by atoms with Gasteiger partial charge in [0.05, 0.1) is 54.4 Å². The van der Waals surface area contributed by atoms with Crippen molar-refractivity contribution in [2.24, 2.45) is 0 Å². The summed E-state index contributed by atoms with van der Waals surface area (Å²) in [4.78, 5) is 12.2. The minimum Gasteiger partial charge on any atom is -0.457 e. The van der Waals surface area contributed by atoms with E-state index in [2.05, 4.69) is 33.0 Å². The van der Waals surface area contributed by atoms with Crippen LogP contribution in [0.3, 0.4) is 0 Å². The van der Waals surface area contributed by atoms with Crippen molar-refractivity contribution in [3.63, 3.8) is 0 Å². The maximum absolute atomic E-state index is 12.2. The molecule has 2 aromatic carbocycles. The Kier molecular flexibility index (Phi) is 14.1. The molecule has 0 heterocycles. The van der Waals surface area contributed by atoms with Gasteiger partial charge in [0.2, 0.25) is 0 Å².